The van der Waals surface area contributed by atoms with Crippen LogP contribution in [-0.2, 0) is 4.74 Å². The van der Waals surface area contributed by atoms with Gasteiger partial charge in [-0.1, -0.05) is 18.2 Å². The van der Waals surface area contributed by atoms with Gasteiger partial charge in [-0.15, -0.1) is 0 Å². The average Bonchev–Trinajstić information content (AvgIpc) is 2.45. The summed E-state index contributed by atoms with van der Waals surface area (Å²) in [5.74, 6) is 0.813. The molecule has 1 aliphatic rings. The Hall–Kier alpha value is -1.65. The summed E-state index contributed by atoms with van der Waals surface area (Å²) in [4.78, 5) is 4.58. The van der Waals surface area contributed by atoms with Crippen LogP contribution in [-0.4, -0.2) is 29.8 Å². The molecular formula is C16H20N2O2. The fourth-order valence-electron chi connectivity index (χ4n) is 2.63. The highest BCUT2D eigenvalue weighted by atomic mass is 16.5. The van der Waals surface area contributed by atoms with E-state index in [1.54, 1.807) is 0 Å². The van der Waals surface area contributed by atoms with Crippen molar-refractivity contribution in [3.05, 3.63) is 36.0 Å². The van der Waals surface area contributed by atoms with E-state index in [0.29, 0.717) is 6.61 Å². The Kier molecular flexibility index (Phi) is 3.59. The molecule has 1 saturated carbocycles. The van der Waals surface area contributed by atoms with E-state index in [4.69, 9.17) is 15.2 Å². The lowest BCUT2D eigenvalue weighted by Gasteiger charge is -2.41. The number of hydrogen-bond donors (Lipinski definition) is 1. The lowest BCUT2D eigenvalue weighted by molar-refractivity contribution is -0.0941. The number of ether oxygens (including phenoxy) is 2. The molecule has 0 aliphatic heterocycles. The van der Waals surface area contributed by atoms with Gasteiger partial charge in [0.2, 0.25) is 0 Å². The summed E-state index contributed by atoms with van der Waals surface area (Å²) in [6.07, 6.45) is 0.838. The molecule has 3 unspecified atom stereocenters. The van der Waals surface area contributed by atoms with Gasteiger partial charge in [0.1, 0.15) is 23.5 Å². The summed E-state index contributed by atoms with van der Waals surface area (Å²) in [5.41, 5.74) is 7.86. The number of hydrogen-bond acceptors (Lipinski definition) is 4. The van der Waals surface area contributed by atoms with Crippen molar-refractivity contribution in [3.63, 3.8) is 0 Å². The van der Waals surface area contributed by atoms with Gasteiger partial charge >= 0.3 is 0 Å². The van der Waals surface area contributed by atoms with Crippen molar-refractivity contribution in [1.29, 1.82) is 0 Å². The third-order valence-corrected chi connectivity index (χ3v) is 3.75. The fourth-order valence-corrected chi connectivity index (χ4v) is 2.63. The molecule has 106 valence electrons. The summed E-state index contributed by atoms with van der Waals surface area (Å²) < 4.78 is 11.7. The Morgan fingerprint density at radius 1 is 1.30 bits per heavy atom. The topological polar surface area (TPSA) is 57.4 Å². The van der Waals surface area contributed by atoms with Gasteiger partial charge in [-0.25, -0.2) is 4.98 Å². The number of aromatic nitrogens is 1. The molecule has 1 aromatic carbocycles. The maximum Gasteiger partial charge on any atom is 0.146 e. The molecule has 20 heavy (non-hydrogen) atoms. The number of nitrogens with zero attached hydrogens (tertiary/aromatic N) is 1. The third kappa shape index (κ3) is 2.37. The van der Waals surface area contributed by atoms with Crippen LogP contribution in [0.5, 0.6) is 5.75 Å². The number of rotatable bonds is 4. The molecule has 0 amide bonds. The normalized spacial score (nSPS) is 25.4. The van der Waals surface area contributed by atoms with E-state index in [0.717, 1.165) is 28.8 Å². The predicted molar refractivity (Wildman–Crippen MR) is 78.9 cm³/mol. The molecule has 2 aromatic rings. The van der Waals surface area contributed by atoms with Crippen LogP contribution in [0.2, 0.25) is 0 Å². The van der Waals surface area contributed by atoms with Crippen LogP contribution < -0.4 is 10.5 Å². The van der Waals surface area contributed by atoms with Gasteiger partial charge in [-0.05, 0) is 26.0 Å². The van der Waals surface area contributed by atoms with Crippen molar-refractivity contribution in [2.45, 2.75) is 38.5 Å². The van der Waals surface area contributed by atoms with Crippen molar-refractivity contribution in [2.24, 2.45) is 5.73 Å². The maximum atomic E-state index is 6.09. The highest BCUT2D eigenvalue weighted by molar-refractivity contribution is 5.84. The highest BCUT2D eigenvalue weighted by Crippen LogP contribution is 2.31. The van der Waals surface area contributed by atoms with Gasteiger partial charge in [0.15, 0.2) is 0 Å². The fraction of sp³-hybridized carbons (Fsp3) is 0.438. The Bertz CT molecular complexity index is 614. The minimum absolute atomic E-state index is 0.0138. The minimum atomic E-state index is -0.0138. The van der Waals surface area contributed by atoms with E-state index in [-0.39, 0.29) is 18.2 Å². The molecular weight excluding hydrogens is 252 g/mol. The van der Waals surface area contributed by atoms with Crippen LogP contribution in [0.25, 0.3) is 10.9 Å². The monoisotopic (exact) mass is 272 g/mol. The predicted octanol–water partition coefficient (Wildman–Crippen LogP) is 2.43. The molecule has 1 fully saturated rings. The quantitative estimate of drug-likeness (QED) is 0.928. The minimum Gasteiger partial charge on any atom is -0.485 e. The molecule has 1 heterocycles. The second-order valence-corrected chi connectivity index (χ2v) is 5.26. The van der Waals surface area contributed by atoms with E-state index in [2.05, 4.69) is 11.1 Å². The second-order valence-electron chi connectivity index (χ2n) is 5.26. The molecule has 3 atom stereocenters. The van der Waals surface area contributed by atoms with E-state index >= 15 is 0 Å². The highest BCUT2D eigenvalue weighted by Gasteiger charge is 2.41. The van der Waals surface area contributed by atoms with Gasteiger partial charge < -0.3 is 15.2 Å². The average molecular weight is 272 g/mol. The smallest absolute Gasteiger partial charge is 0.146 e. The van der Waals surface area contributed by atoms with Crippen molar-refractivity contribution >= 4 is 10.9 Å². The molecule has 0 saturated heterocycles. The zero-order valence-electron chi connectivity index (χ0n) is 11.9. The van der Waals surface area contributed by atoms with Crippen molar-refractivity contribution < 1.29 is 9.47 Å². The molecule has 4 heteroatoms. The Morgan fingerprint density at radius 3 is 2.90 bits per heavy atom. The SMILES string of the molecule is CCOC1C(N)CC1Oc1cccc2ccc(C)nc12. The number of fused-ring (bicyclic) bond motifs is 1. The lowest BCUT2D eigenvalue weighted by atomic mass is 9.86. The number of benzene rings is 1. The van der Waals surface area contributed by atoms with E-state index < -0.39 is 0 Å². The van der Waals surface area contributed by atoms with Crippen molar-refractivity contribution in [2.75, 3.05) is 6.61 Å². The second kappa shape index (κ2) is 5.38. The Balaban J connectivity index is 1.86. The van der Waals surface area contributed by atoms with Gasteiger partial charge in [-0.3, -0.25) is 0 Å². The van der Waals surface area contributed by atoms with Crippen molar-refractivity contribution in [1.82, 2.24) is 4.98 Å². The first-order valence-corrected chi connectivity index (χ1v) is 7.09. The first kappa shape index (κ1) is 13.3. The molecule has 0 radical (unpaired) electrons. The summed E-state index contributed by atoms with van der Waals surface area (Å²) in [5, 5.41) is 1.09. The van der Waals surface area contributed by atoms with Crippen LogP contribution in [0, 0.1) is 6.92 Å². The number of nitrogens with two attached hydrogens (primary N) is 1. The molecule has 0 bridgehead atoms. The Labute approximate surface area is 118 Å². The zero-order valence-corrected chi connectivity index (χ0v) is 11.9. The van der Waals surface area contributed by atoms with Crippen molar-refractivity contribution in [3.8, 4) is 5.75 Å². The standard InChI is InChI=1S/C16H20N2O2/c1-3-19-16-12(17)9-14(16)20-13-6-4-5-11-8-7-10(2)18-15(11)13/h4-8,12,14,16H,3,9,17H2,1-2H3. The molecule has 1 aromatic heterocycles. The third-order valence-electron chi connectivity index (χ3n) is 3.75. The summed E-state index contributed by atoms with van der Waals surface area (Å²) in [6.45, 7) is 4.62. The molecule has 0 spiro atoms. The summed E-state index contributed by atoms with van der Waals surface area (Å²) in [6, 6.07) is 10.1. The van der Waals surface area contributed by atoms with E-state index in [1.807, 2.05) is 38.1 Å². The maximum absolute atomic E-state index is 6.09. The van der Waals surface area contributed by atoms with Gasteiger partial charge in [-0.2, -0.15) is 0 Å². The summed E-state index contributed by atoms with van der Waals surface area (Å²) in [7, 11) is 0. The van der Waals surface area contributed by atoms with Crippen LogP contribution in [0.15, 0.2) is 30.3 Å². The molecule has 2 N–H and O–H groups in total. The first-order valence-electron chi connectivity index (χ1n) is 7.09. The number of pyridine rings is 1. The van der Waals surface area contributed by atoms with E-state index in [9.17, 15) is 0 Å². The van der Waals surface area contributed by atoms with Gasteiger partial charge in [0.25, 0.3) is 0 Å². The largest absolute Gasteiger partial charge is 0.485 e. The van der Waals surface area contributed by atoms with Crippen LogP contribution in [0.4, 0.5) is 0 Å². The van der Waals surface area contributed by atoms with E-state index in [1.165, 1.54) is 0 Å². The molecule has 3 rings (SSSR count). The first-order chi connectivity index (χ1) is 9.69. The molecule has 4 nitrogen and oxygen atoms in total. The lowest BCUT2D eigenvalue weighted by Crippen LogP contribution is -2.59. The van der Waals surface area contributed by atoms with Crippen LogP contribution in [0.1, 0.15) is 19.0 Å². The Morgan fingerprint density at radius 2 is 2.15 bits per heavy atom. The van der Waals surface area contributed by atoms with Gasteiger partial charge in [0, 0.05) is 30.1 Å². The molecule has 1 aliphatic carbocycles. The number of aryl methyl sites for hydroxylation is 1. The zero-order chi connectivity index (χ0) is 14.1. The number of para-hydroxylation sites is 1. The van der Waals surface area contributed by atoms with Gasteiger partial charge in [0.05, 0.1) is 0 Å². The van der Waals surface area contributed by atoms with Crippen LogP contribution >= 0.6 is 0 Å². The summed E-state index contributed by atoms with van der Waals surface area (Å²) >= 11 is 0. The van der Waals surface area contributed by atoms with Crippen LogP contribution in [0.3, 0.4) is 0 Å².